The number of phenolic OH excluding ortho intramolecular Hbond substituents is 1. The van der Waals surface area contributed by atoms with Crippen LogP contribution in [-0.2, 0) is 16.6 Å². The van der Waals surface area contributed by atoms with Crippen LogP contribution >= 0.6 is 0 Å². The molecule has 1 rings (SSSR count). The Kier molecular flexibility index (Phi) is 3.49. The summed E-state index contributed by atoms with van der Waals surface area (Å²) in [5, 5.41) is 10.3. The van der Waals surface area contributed by atoms with Crippen molar-refractivity contribution in [1.82, 2.24) is 4.31 Å². The molecule has 5 heteroatoms. The van der Waals surface area contributed by atoms with Crippen molar-refractivity contribution in [2.24, 2.45) is 0 Å². The van der Waals surface area contributed by atoms with E-state index in [1.54, 1.807) is 18.2 Å². The van der Waals surface area contributed by atoms with Crippen LogP contribution in [0, 0.1) is 0 Å². The van der Waals surface area contributed by atoms with Crippen molar-refractivity contribution in [2.75, 3.05) is 7.05 Å². The molecule has 0 amide bonds. The summed E-state index contributed by atoms with van der Waals surface area (Å²) in [5.41, 5.74) is 0.561. The van der Waals surface area contributed by atoms with Crippen molar-refractivity contribution >= 4 is 10.0 Å². The minimum absolute atomic E-state index is 0.0867. The van der Waals surface area contributed by atoms with Gasteiger partial charge in [-0.05, 0) is 6.07 Å². The Balaban J connectivity index is 2.89. The second-order valence-corrected chi connectivity index (χ2v) is 5.08. The van der Waals surface area contributed by atoms with Crippen LogP contribution in [0.25, 0.3) is 0 Å². The summed E-state index contributed by atoms with van der Waals surface area (Å²) in [6, 6.07) is 6.61. The lowest BCUT2D eigenvalue weighted by Crippen LogP contribution is -2.24. The molecular weight excluding hydrogens is 214 g/mol. The smallest absolute Gasteiger partial charge is 0.235 e. The van der Waals surface area contributed by atoms with E-state index >= 15 is 0 Å². The Labute approximate surface area is 89.5 Å². The van der Waals surface area contributed by atoms with Gasteiger partial charge in [0.15, 0.2) is 0 Å². The molecule has 0 aliphatic carbocycles. The normalized spacial score (nSPS) is 11.6. The van der Waals surface area contributed by atoms with Gasteiger partial charge in [0.05, 0.1) is 0 Å². The average Bonchev–Trinajstić information content (AvgIpc) is 2.21. The molecule has 0 radical (unpaired) electrons. The molecule has 4 nitrogen and oxygen atoms in total. The van der Waals surface area contributed by atoms with Gasteiger partial charge in [-0.3, -0.25) is 0 Å². The number of sulfonamides is 1. The topological polar surface area (TPSA) is 57.6 Å². The fourth-order valence-electron chi connectivity index (χ4n) is 1.10. The minimum Gasteiger partial charge on any atom is -0.508 e. The number of phenols is 1. The molecule has 1 aromatic rings. The predicted octanol–water partition coefficient (Wildman–Crippen LogP) is 1.30. The molecule has 0 unspecified atom stereocenters. The van der Waals surface area contributed by atoms with Crippen LogP contribution in [0.4, 0.5) is 0 Å². The zero-order valence-corrected chi connectivity index (χ0v) is 9.24. The fraction of sp³-hybridized carbons (Fsp3) is 0.200. The molecule has 0 fully saturated rings. The van der Waals surface area contributed by atoms with E-state index in [1.165, 1.54) is 13.1 Å². The van der Waals surface area contributed by atoms with E-state index in [0.29, 0.717) is 5.56 Å². The zero-order chi connectivity index (χ0) is 11.5. The highest BCUT2D eigenvalue weighted by Crippen LogP contribution is 2.18. The first-order valence-corrected chi connectivity index (χ1v) is 5.83. The number of nitrogens with zero attached hydrogens (tertiary/aromatic N) is 1. The standard InChI is InChI=1S/C10H13NO3S/c1-3-15(13,14)11(2)8-9-6-4-5-7-10(9)12/h3-7,12H,1,8H2,2H3. The van der Waals surface area contributed by atoms with Crippen molar-refractivity contribution in [3.05, 3.63) is 41.8 Å². The summed E-state index contributed by atoms with van der Waals surface area (Å²) in [5.74, 6) is 0.0867. The zero-order valence-electron chi connectivity index (χ0n) is 8.42. The largest absolute Gasteiger partial charge is 0.508 e. The van der Waals surface area contributed by atoms with Gasteiger partial charge in [0.25, 0.3) is 0 Å². The Morgan fingerprint density at radius 3 is 2.60 bits per heavy atom. The number of rotatable bonds is 4. The van der Waals surface area contributed by atoms with Crippen LogP contribution in [0.5, 0.6) is 5.75 Å². The van der Waals surface area contributed by atoms with E-state index < -0.39 is 10.0 Å². The molecule has 15 heavy (non-hydrogen) atoms. The van der Waals surface area contributed by atoms with E-state index in [-0.39, 0.29) is 12.3 Å². The number of hydrogen-bond donors (Lipinski definition) is 1. The molecule has 0 atom stereocenters. The lowest BCUT2D eigenvalue weighted by molar-refractivity contribution is 0.439. The maximum Gasteiger partial charge on any atom is 0.235 e. The van der Waals surface area contributed by atoms with Gasteiger partial charge in [-0.1, -0.05) is 24.8 Å². The molecule has 82 valence electrons. The SMILES string of the molecule is C=CS(=O)(=O)N(C)Cc1ccccc1O. The highest BCUT2D eigenvalue weighted by Gasteiger charge is 2.14. The van der Waals surface area contributed by atoms with Gasteiger partial charge in [-0.15, -0.1) is 0 Å². The first-order chi connectivity index (χ1) is 6.97. The van der Waals surface area contributed by atoms with Gasteiger partial charge >= 0.3 is 0 Å². The molecule has 1 N–H and O–H groups in total. The van der Waals surface area contributed by atoms with Gasteiger partial charge in [0.1, 0.15) is 5.75 Å². The summed E-state index contributed by atoms with van der Waals surface area (Å²) in [4.78, 5) is 0. The third-order valence-electron chi connectivity index (χ3n) is 2.03. The fourth-order valence-corrected chi connectivity index (χ4v) is 1.68. The van der Waals surface area contributed by atoms with Crippen LogP contribution in [0.15, 0.2) is 36.3 Å². The third-order valence-corrected chi connectivity index (χ3v) is 3.45. The maximum atomic E-state index is 11.3. The van der Waals surface area contributed by atoms with Crippen LogP contribution in [0.3, 0.4) is 0 Å². The van der Waals surface area contributed by atoms with E-state index in [9.17, 15) is 13.5 Å². The van der Waals surface area contributed by atoms with Crippen molar-refractivity contribution in [1.29, 1.82) is 0 Å². The van der Waals surface area contributed by atoms with Crippen molar-refractivity contribution in [2.45, 2.75) is 6.54 Å². The Morgan fingerprint density at radius 2 is 2.07 bits per heavy atom. The Morgan fingerprint density at radius 1 is 1.47 bits per heavy atom. The maximum absolute atomic E-state index is 11.3. The van der Waals surface area contributed by atoms with E-state index in [1.807, 2.05) is 0 Å². The molecule has 1 aromatic carbocycles. The van der Waals surface area contributed by atoms with E-state index in [0.717, 1.165) is 9.71 Å². The molecule has 0 heterocycles. The minimum atomic E-state index is -3.43. The molecular formula is C10H13NO3S. The molecule has 0 saturated carbocycles. The number of hydrogen-bond acceptors (Lipinski definition) is 3. The monoisotopic (exact) mass is 227 g/mol. The lowest BCUT2D eigenvalue weighted by atomic mass is 10.2. The molecule has 0 bridgehead atoms. The third kappa shape index (κ3) is 2.81. The van der Waals surface area contributed by atoms with Gasteiger partial charge in [0, 0.05) is 24.6 Å². The quantitative estimate of drug-likeness (QED) is 0.843. The van der Waals surface area contributed by atoms with Crippen molar-refractivity contribution < 1.29 is 13.5 Å². The number of benzene rings is 1. The van der Waals surface area contributed by atoms with Gasteiger partial charge in [-0.25, -0.2) is 8.42 Å². The molecule has 0 spiro atoms. The summed E-state index contributed by atoms with van der Waals surface area (Å²) < 4.78 is 23.8. The molecule has 0 aromatic heterocycles. The first-order valence-electron chi connectivity index (χ1n) is 4.33. The van der Waals surface area contributed by atoms with E-state index in [2.05, 4.69) is 6.58 Å². The highest BCUT2D eigenvalue weighted by atomic mass is 32.2. The summed E-state index contributed by atoms with van der Waals surface area (Å²) >= 11 is 0. The second kappa shape index (κ2) is 4.46. The highest BCUT2D eigenvalue weighted by molar-refractivity contribution is 7.91. The first kappa shape index (κ1) is 11.7. The van der Waals surface area contributed by atoms with Crippen LogP contribution in [0.2, 0.25) is 0 Å². The van der Waals surface area contributed by atoms with Gasteiger partial charge < -0.3 is 5.11 Å². The molecule has 0 aliphatic heterocycles. The van der Waals surface area contributed by atoms with Crippen LogP contribution in [-0.4, -0.2) is 24.9 Å². The Hall–Kier alpha value is -1.33. The summed E-state index contributed by atoms with van der Waals surface area (Å²) in [6.07, 6.45) is 0. The van der Waals surface area contributed by atoms with Crippen LogP contribution < -0.4 is 0 Å². The average molecular weight is 227 g/mol. The predicted molar refractivity (Wildman–Crippen MR) is 58.7 cm³/mol. The molecule has 0 saturated heterocycles. The number of para-hydroxylation sites is 1. The van der Waals surface area contributed by atoms with E-state index in [4.69, 9.17) is 0 Å². The summed E-state index contributed by atoms with van der Waals surface area (Å²) in [7, 11) is -1.99. The van der Waals surface area contributed by atoms with Crippen molar-refractivity contribution in [3.8, 4) is 5.75 Å². The molecule has 0 aliphatic rings. The van der Waals surface area contributed by atoms with Crippen LogP contribution in [0.1, 0.15) is 5.56 Å². The van der Waals surface area contributed by atoms with Gasteiger partial charge in [-0.2, -0.15) is 4.31 Å². The lowest BCUT2D eigenvalue weighted by Gasteiger charge is -2.14. The van der Waals surface area contributed by atoms with Crippen molar-refractivity contribution in [3.63, 3.8) is 0 Å². The van der Waals surface area contributed by atoms with Gasteiger partial charge in [0.2, 0.25) is 10.0 Å². The summed E-state index contributed by atoms with van der Waals surface area (Å²) in [6.45, 7) is 3.35. The Bertz CT molecular complexity index is 453. The second-order valence-electron chi connectivity index (χ2n) is 3.10. The number of aromatic hydroxyl groups is 1.